The van der Waals surface area contributed by atoms with E-state index in [2.05, 4.69) is 35.8 Å². The Balaban J connectivity index is 1.63. The molecule has 1 unspecified atom stereocenters. The molecule has 1 aromatic heterocycles. The van der Waals surface area contributed by atoms with Crippen LogP contribution in [0.15, 0.2) is 46.0 Å². The highest BCUT2D eigenvalue weighted by molar-refractivity contribution is 5.79. The SMILES string of the molecule is CCNC(=NCc1ccc(C)cc1OCC1CCCO1)NCc1ccco1. The molecule has 2 N–H and O–H groups in total. The van der Waals surface area contributed by atoms with Crippen LogP contribution in [0.25, 0.3) is 0 Å². The lowest BCUT2D eigenvalue weighted by atomic mass is 10.1. The Morgan fingerprint density at radius 3 is 2.96 bits per heavy atom. The van der Waals surface area contributed by atoms with Crippen LogP contribution in [0.1, 0.15) is 36.7 Å². The fourth-order valence-electron chi connectivity index (χ4n) is 2.98. The van der Waals surface area contributed by atoms with Gasteiger partial charge in [0.2, 0.25) is 0 Å². The number of furan rings is 1. The predicted octanol–water partition coefficient (Wildman–Crippen LogP) is 3.40. The van der Waals surface area contributed by atoms with Crippen LogP contribution in [0.5, 0.6) is 5.75 Å². The summed E-state index contributed by atoms with van der Waals surface area (Å²) in [6.07, 6.45) is 4.06. The van der Waals surface area contributed by atoms with Crippen molar-refractivity contribution in [2.45, 2.75) is 45.9 Å². The molecule has 0 amide bonds. The second-order valence-corrected chi connectivity index (χ2v) is 6.69. The van der Waals surface area contributed by atoms with Crippen molar-refractivity contribution in [3.63, 3.8) is 0 Å². The zero-order valence-electron chi connectivity index (χ0n) is 16.2. The molecular formula is C21H29N3O3. The van der Waals surface area contributed by atoms with Crippen molar-refractivity contribution in [2.24, 2.45) is 4.99 Å². The fourth-order valence-corrected chi connectivity index (χ4v) is 2.98. The van der Waals surface area contributed by atoms with Crippen molar-refractivity contribution in [2.75, 3.05) is 19.8 Å². The molecule has 1 aliphatic heterocycles. The first kappa shape index (κ1) is 19.3. The minimum atomic E-state index is 0.203. The summed E-state index contributed by atoms with van der Waals surface area (Å²) in [6.45, 7) is 7.47. The third kappa shape index (κ3) is 6.03. The molecule has 1 saturated heterocycles. The molecule has 2 heterocycles. The van der Waals surface area contributed by atoms with E-state index in [4.69, 9.17) is 18.9 Å². The van der Waals surface area contributed by atoms with Gasteiger partial charge in [0.25, 0.3) is 0 Å². The summed E-state index contributed by atoms with van der Waals surface area (Å²) in [5.74, 6) is 2.51. The molecule has 3 rings (SSSR count). The molecule has 6 nitrogen and oxygen atoms in total. The van der Waals surface area contributed by atoms with Crippen molar-refractivity contribution in [3.05, 3.63) is 53.5 Å². The maximum Gasteiger partial charge on any atom is 0.191 e. The average molecular weight is 371 g/mol. The second kappa shape index (κ2) is 10.0. The lowest BCUT2D eigenvalue weighted by Crippen LogP contribution is -2.36. The topological polar surface area (TPSA) is 68.0 Å². The number of nitrogens with one attached hydrogen (secondary N) is 2. The number of rotatable bonds is 8. The van der Waals surface area contributed by atoms with Crippen LogP contribution in [0.2, 0.25) is 0 Å². The van der Waals surface area contributed by atoms with Gasteiger partial charge >= 0.3 is 0 Å². The van der Waals surface area contributed by atoms with Crippen molar-refractivity contribution < 1.29 is 13.9 Å². The summed E-state index contributed by atoms with van der Waals surface area (Å²) in [6, 6.07) is 10.1. The maximum absolute atomic E-state index is 6.06. The van der Waals surface area contributed by atoms with Gasteiger partial charge in [-0.15, -0.1) is 0 Å². The summed E-state index contributed by atoms with van der Waals surface area (Å²) < 4.78 is 17.1. The lowest BCUT2D eigenvalue weighted by Gasteiger charge is -2.15. The van der Waals surface area contributed by atoms with Gasteiger partial charge in [-0.1, -0.05) is 12.1 Å². The Morgan fingerprint density at radius 1 is 1.30 bits per heavy atom. The highest BCUT2D eigenvalue weighted by atomic mass is 16.5. The molecule has 0 radical (unpaired) electrons. The number of aliphatic imine (C=N–C) groups is 1. The molecule has 1 fully saturated rings. The molecule has 27 heavy (non-hydrogen) atoms. The van der Waals surface area contributed by atoms with Crippen molar-refractivity contribution in [3.8, 4) is 5.75 Å². The highest BCUT2D eigenvalue weighted by Crippen LogP contribution is 2.23. The number of nitrogens with zero attached hydrogens (tertiary/aromatic N) is 1. The molecule has 1 aromatic carbocycles. The maximum atomic E-state index is 6.06. The van der Waals surface area contributed by atoms with Crippen LogP contribution in [-0.4, -0.2) is 31.8 Å². The molecule has 6 heteroatoms. The number of aryl methyl sites for hydroxylation is 1. The zero-order chi connectivity index (χ0) is 18.9. The van der Waals surface area contributed by atoms with Gasteiger partial charge in [0.15, 0.2) is 5.96 Å². The second-order valence-electron chi connectivity index (χ2n) is 6.69. The van der Waals surface area contributed by atoms with E-state index in [1.807, 2.05) is 19.1 Å². The van der Waals surface area contributed by atoms with Crippen LogP contribution >= 0.6 is 0 Å². The Morgan fingerprint density at radius 2 is 2.22 bits per heavy atom. The highest BCUT2D eigenvalue weighted by Gasteiger charge is 2.17. The van der Waals surface area contributed by atoms with Gasteiger partial charge in [-0.3, -0.25) is 0 Å². The number of guanidine groups is 1. The first-order valence-corrected chi connectivity index (χ1v) is 9.63. The predicted molar refractivity (Wildman–Crippen MR) is 106 cm³/mol. The molecule has 2 aromatic rings. The van der Waals surface area contributed by atoms with Crippen LogP contribution in [-0.2, 0) is 17.8 Å². The third-order valence-electron chi connectivity index (χ3n) is 4.43. The summed E-state index contributed by atoms with van der Waals surface area (Å²) in [5, 5.41) is 6.54. The van der Waals surface area contributed by atoms with E-state index >= 15 is 0 Å². The van der Waals surface area contributed by atoms with E-state index < -0.39 is 0 Å². The molecular weight excluding hydrogens is 342 g/mol. The Hall–Kier alpha value is -2.47. The standard InChI is InChI=1S/C21H29N3O3/c1-3-22-21(24-14-18-6-4-10-25-18)23-13-17-9-8-16(2)12-20(17)27-15-19-7-5-11-26-19/h4,6,8-10,12,19H,3,5,7,11,13-15H2,1-2H3,(H2,22,23,24). The monoisotopic (exact) mass is 371 g/mol. The summed E-state index contributed by atoms with van der Waals surface area (Å²) in [5.41, 5.74) is 2.24. The third-order valence-corrected chi connectivity index (χ3v) is 4.43. The van der Waals surface area contributed by atoms with E-state index in [-0.39, 0.29) is 6.10 Å². The normalized spacial score (nSPS) is 17.1. The Kier molecular flexibility index (Phi) is 7.16. The summed E-state index contributed by atoms with van der Waals surface area (Å²) in [7, 11) is 0. The van der Waals surface area contributed by atoms with Crippen LogP contribution in [0.4, 0.5) is 0 Å². The van der Waals surface area contributed by atoms with Crippen LogP contribution < -0.4 is 15.4 Å². The van der Waals surface area contributed by atoms with Crippen molar-refractivity contribution in [1.29, 1.82) is 0 Å². The fraction of sp³-hybridized carbons (Fsp3) is 0.476. The zero-order valence-corrected chi connectivity index (χ0v) is 16.2. The van der Waals surface area contributed by atoms with Gasteiger partial charge < -0.3 is 24.5 Å². The van der Waals surface area contributed by atoms with E-state index in [9.17, 15) is 0 Å². The van der Waals surface area contributed by atoms with Crippen molar-refractivity contribution >= 4 is 5.96 Å². The molecule has 1 aliphatic rings. The van der Waals surface area contributed by atoms with Gasteiger partial charge in [0.1, 0.15) is 18.1 Å². The lowest BCUT2D eigenvalue weighted by molar-refractivity contribution is 0.0676. The van der Waals surface area contributed by atoms with E-state index in [1.54, 1.807) is 6.26 Å². The first-order valence-electron chi connectivity index (χ1n) is 9.63. The molecule has 0 bridgehead atoms. The van der Waals surface area contributed by atoms with Crippen molar-refractivity contribution in [1.82, 2.24) is 10.6 Å². The van der Waals surface area contributed by atoms with Crippen LogP contribution in [0.3, 0.4) is 0 Å². The van der Waals surface area contributed by atoms with Gasteiger partial charge in [-0.25, -0.2) is 4.99 Å². The summed E-state index contributed by atoms with van der Waals surface area (Å²) >= 11 is 0. The van der Waals surface area contributed by atoms with Gasteiger partial charge in [-0.2, -0.15) is 0 Å². The summed E-state index contributed by atoms with van der Waals surface area (Å²) in [4.78, 5) is 4.69. The van der Waals surface area contributed by atoms with E-state index in [1.165, 1.54) is 5.56 Å². The van der Waals surface area contributed by atoms with Crippen LogP contribution in [0, 0.1) is 6.92 Å². The Bertz CT molecular complexity index is 722. The number of hydrogen-bond donors (Lipinski definition) is 2. The minimum absolute atomic E-state index is 0.203. The van der Waals surface area contributed by atoms with E-state index in [0.717, 1.165) is 49.0 Å². The van der Waals surface area contributed by atoms with E-state index in [0.29, 0.717) is 19.7 Å². The van der Waals surface area contributed by atoms with Gasteiger partial charge in [-0.05, 0) is 50.5 Å². The largest absolute Gasteiger partial charge is 0.491 e. The number of hydrogen-bond acceptors (Lipinski definition) is 4. The molecule has 0 saturated carbocycles. The molecule has 0 spiro atoms. The average Bonchev–Trinajstić information content (AvgIpc) is 3.37. The number of benzene rings is 1. The Labute approximate surface area is 161 Å². The quantitative estimate of drug-likeness (QED) is 0.550. The molecule has 0 aliphatic carbocycles. The number of ether oxygens (including phenoxy) is 2. The first-order chi connectivity index (χ1) is 13.2. The molecule has 1 atom stereocenters. The molecule has 146 valence electrons. The van der Waals surface area contributed by atoms with Gasteiger partial charge in [0, 0.05) is 18.7 Å². The van der Waals surface area contributed by atoms with Gasteiger partial charge in [0.05, 0.1) is 25.5 Å². The smallest absolute Gasteiger partial charge is 0.191 e. The minimum Gasteiger partial charge on any atom is -0.491 e.